The highest BCUT2D eigenvalue weighted by Crippen LogP contribution is 2.41. The first kappa shape index (κ1) is 28.9. The highest BCUT2D eigenvalue weighted by atomic mass is 16.7. The van der Waals surface area contributed by atoms with Crippen LogP contribution in [-0.2, 0) is 24.7 Å². The molecule has 2 heterocycles. The van der Waals surface area contributed by atoms with Gasteiger partial charge in [0, 0.05) is 19.8 Å². The summed E-state index contributed by atoms with van der Waals surface area (Å²) in [5.41, 5.74) is 0.873. The van der Waals surface area contributed by atoms with E-state index >= 15 is 0 Å². The SMILES string of the molecule is CCCCOC[C@H]1OC(O)(c2ncc(OCCCC)nc2C)[C@@H](OCCCC)C1OCCCC. The first-order valence-corrected chi connectivity index (χ1v) is 13.2. The summed E-state index contributed by atoms with van der Waals surface area (Å²) in [6.07, 6.45) is 7.65. The Bertz CT molecular complexity index is 691. The first-order chi connectivity index (χ1) is 16.5. The Morgan fingerprint density at radius 1 is 0.912 bits per heavy atom. The van der Waals surface area contributed by atoms with Gasteiger partial charge >= 0.3 is 0 Å². The fraction of sp³-hybridized carbons (Fsp3) is 0.846. The van der Waals surface area contributed by atoms with Gasteiger partial charge in [0.25, 0.3) is 0 Å². The molecule has 2 rings (SSSR count). The number of hydrogen-bond donors (Lipinski definition) is 1. The van der Waals surface area contributed by atoms with Crippen LogP contribution >= 0.6 is 0 Å². The third-order valence-electron chi connectivity index (χ3n) is 5.92. The number of nitrogens with zero attached hydrogens (tertiary/aromatic N) is 2. The van der Waals surface area contributed by atoms with Crippen molar-refractivity contribution in [2.45, 2.75) is 110 Å². The summed E-state index contributed by atoms with van der Waals surface area (Å²) in [7, 11) is 0. The van der Waals surface area contributed by atoms with Gasteiger partial charge in [-0.2, -0.15) is 0 Å². The fourth-order valence-electron chi connectivity index (χ4n) is 3.87. The van der Waals surface area contributed by atoms with Crippen molar-refractivity contribution in [3.63, 3.8) is 0 Å². The smallest absolute Gasteiger partial charge is 0.242 e. The fourth-order valence-corrected chi connectivity index (χ4v) is 3.87. The molecule has 0 radical (unpaired) electrons. The number of hydrogen-bond acceptors (Lipinski definition) is 8. The lowest BCUT2D eigenvalue weighted by Gasteiger charge is -2.30. The van der Waals surface area contributed by atoms with Crippen molar-refractivity contribution in [3.05, 3.63) is 17.6 Å². The van der Waals surface area contributed by atoms with Crippen molar-refractivity contribution in [1.29, 1.82) is 0 Å². The summed E-state index contributed by atoms with van der Waals surface area (Å²) >= 11 is 0. The van der Waals surface area contributed by atoms with Crippen molar-refractivity contribution in [2.75, 3.05) is 33.0 Å². The molecular formula is C26H46N2O6. The molecule has 0 amide bonds. The van der Waals surface area contributed by atoms with Gasteiger partial charge in [-0.3, -0.25) is 0 Å². The minimum Gasteiger partial charge on any atom is -0.477 e. The molecule has 0 saturated carbocycles. The maximum absolute atomic E-state index is 11.9. The van der Waals surface area contributed by atoms with E-state index in [-0.39, 0.29) is 0 Å². The van der Waals surface area contributed by atoms with Crippen LogP contribution in [0.15, 0.2) is 6.20 Å². The molecule has 0 aromatic carbocycles. The molecule has 0 bridgehead atoms. The van der Waals surface area contributed by atoms with Crippen LogP contribution in [0.4, 0.5) is 0 Å². The molecule has 1 aliphatic rings. The molecule has 1 fully saturated rings. The molecule has 8 nitrogen and oxygen atoms in total. The summed E-state index contributed by atoms with van der Waals surface area (Å²) in [6.45, 7) is 12.9. The van der Waals surface area contributed by atoms with Crippen molar-refractivity contribution in [3.8, 4) is 5.88 Å². The largest absolute Gasteiger partial charge is 0.477 e. The van der Waals surface area contributed by atoms with Gasteiger partial charge in [-0.1, -0.05) is 53.4 Å². The van der Waals surface area contributed by atoms with Crippen LogP contribution < -0.4 is 4.74 Å². The molecule has 1 aromatic heterocycles. The van der Waals surface area contributed by atoms with E-state index in [9.17, 15) is 5.11 Å². The molecule has 34 heavy (non-hydrogen) atoms. The number of aryl methyl sites for hydroxylation is 1. The van der Waals surface area contributed by atoms with Gasteiger partial charge in [0.15, 0.2) is 0 Å². The second-order valence-electron chi connectivity index (χ2n) is 8.96. The number of unbranched alkanes of at least 4 members (excludes halogenated alkanes) is 4. The molecule has 1 aromatic rings. The van der Waals surface area contributed by atoms with Gasteiger partial charge in [-0.25, -0.2) is 9.97 Å². The molecule has 0 spiro atoms. The monoisotopic (exact) mass is 482 g/mol. The van der Waals surface area contributed by atoms with E-state index in [1.165, 1.54) is 0 Å². The van der Waals surface area contributed by atoms with E-state index in [0.29, 0.717) is 50.3 Å². The number of aromatic nitrogens is 2. The lowest BCUT2D eigenvalue weighted by Crippen LogP contribution is -2.45. The van der Waals surface area contributed by atoms with Crippen molar-refractivity contribution >= 4 is 0 Å². The minimum atomic E-state index is -1.79. The Morgan fingerprint density at radius 3 is 2.18 bits per heavy atom. The number of rotatable bonds is 18. The van der Waals surface area contributed by atoms with Crippen LogP contribution in [-0.4, -0.2) is 66.4 Å². The molecule has 1 N–H and O–H groups in total. The van der Waals surface area contributed by atoms with Gasteiger partial charge in [0.1, 0.15) is 24.0 Å². The average molecular weight is 483 g/mol. The molecule has 4 atom stereocenters. The third-order valence-corrected chi connectivity index (χ3v) is 5.92. The Labute approximate surface area is 205 Å². The second kappa shape index (κ2) is 15.6. The molecule has 196 valence electrons. The number of ether oxygens (including phenoxy) is 5. The van der Waals surface area contributed by atoms with Crippen LogP contribution in [0.25, 0.3) is 0 Å². The van der Waals surface area contributed by atoms with Crippen molar-refractivity contribution < 1.29 is 28.8 Å². The van der Waals surface area contributed by atoms with Gasteiger partial charge in [-0.05, 0) is 32.6 Å². The van der Waals surface area contributed by atoms with Gasteiger partial charge in [-0.15, -0.1) is 0 Å². The molecule has 8 heteroatoms. The van der Waals surface area contributed by atoms with Gasteiger partial charge in [0.2, 0.25) is 11.7 Å². The molecule has 0 aliphatic carbocycles. The standard InChI is InChI=1S/C26H46N2O6/c1-6-10-14-30-19-21-23(32-16-12-8-3)25(33-17-13-9-4)26(29,34-21)24-20(5)28-22(18-27-24)31-15-11-7-2/h18,21,23,25,29H,6-17,19H2,1-5H3/t21-,23?,25+,26?/m1/s1. The topological polar surface area (TPSA) is 92.2 Å². The summed E-state index contributed by atoms with van der Waals surface area (Å²) in [6, 6.07) is 0. The first-order valence-electron chi connectivity index (χ1n) is 13.2. The van der Waals surface area contributed by atoms with Crippen LogP contribution in [0, 0.1) is 6.92 Å². The minimum absolute atomic E-state index is 0.317. The van der Waals surface area contributed by atoms with E-state index in [1.807, 2.05) is 0 Å². The lowest BCUT2D eigenvalue weighted by atomic mass is 10.00. The molecule has 2 unspecified atom stereocenters. The lowest BCUT2D eigenvalue weighted by molar-refractivity contribution is -0.253. The zero-order chi connectivity index (χ0) is 24.8. The maximum Gasteiger partial charge on any atom is 0.242 e. The molecule has 1 aliphatic heterocycles. The predicted molar refractivity (Wildman–Crippen MR) is 131 cm³/mol. The highest BCUT2D eigenvalue weighted by molar-refractivity contribution is 5.23. The summed E-state index contributed by atoms with van der Waals surface area (Å²) in [4.78, 5) is 9.05. The zero-order valence-electron chi connectivity index (χ0n) is 21.9. The van der Waals surface area contributed by atoms with E-state index in [2.05, 4.69) is 37.7 Å². The third kappa shape index (κ3) is 8.12. The summed E-state index contributed by atoms with van der Waals surface area (Å²) < 4.78 is 30.3. The van der Waals surface area contributed by atoms with E-state index in [0.717, 1.165) is 51.4 Å². The Morgan fingerprint density at radius 2 is 1.53 bits per heavy atom. The number of aliphatic hydroxyl groups is 1. The average Bonchev–Trinajstić information content (AvgIpc) is 3.09. The van der Waals surface area contributed by atoms with Gasteiger partial charge in [0.05, 0.1) is 25.1 Å². The van der Waals surface area contributed by atoms with E-state index in [1.54, 1.807) is 13.1 Å². The zero-order valence-corrected chi connectivity index (χ0v) is 21.9. The van der Waals surface area contributed by atoms with E-state index in [4.69, 9.17) is 23.7 Å². The van der Waals surface area contributed by atoms with Crippen LogP contribution in [0.3, 0.4) is 0 Å². The molecule has 1 saturated heterocycles. The highest BCUT2D eigenvalue weighted by Gasteiger charge is 2.58. The van der Waals surface area contributed by atoms with Crippen molar-refractivity contribution in [1.82, 2.24) is 9.97 Å². The Hall–Kier alpha value is -1.32. The second-order valence-corrected chi connectivity index (χ2v) is 8.96. The summed E-state index contributed by atoms with van der Waals surface area (Å²) in [5, 5.41) is 11.9. The maximum atomic E-state index is 11.9. The quantitative estimate of drug-likeness (QED) is 0.301. The summed E-state index contributed by atoms with van der Waals surface area (Å²) in [5.74, 6) is -1.35. The van der Waals surface area contributed by atoms with Gasteiger partial charge < -0.3 is 28.8 Å². The van der Waals surface area contributed by atoms with Crippen LogP contribution in [0.5, 0.6) is 5.88 Å². The Kier molecular flexibility index (Phi) is 13.3. The predicted octanol–water partition coefficient (Wildman–Crippen LogP) is 4.70. The Balaban J connectivity index is 2.30. The van der Waals surface area contributed by atoms with Crippen LogP contribution in [0.1, 0.15) is 90.4 Å². The van der Waals surface area contributed by atoms with Crippen molar-refractivity contribution in [2.24, 2.45) is 0 Å². The normalized spacial score (nSPS) is 24.6. The van der Waals surface area contributed by atoms with Crippen LogP contribution in [0.2, 0.25) is 0 Å². The molecular weight excluding hydrogens is 436 g/mol. The van der Waals surface area contributed by atoms with E-state index < -0.39 is 24.1 Å².